The minimum atomic E-state index is 1.14. The average molecular weight is 248 g/mol. The van der Waals surface area contributed by atoms with Crippen LogP contribution in [0, 0.1) is 0 Å². The van der Waals surface area contributed by atoms with Crippen molar-refractivity contribution in [2.24, 2.45) is 0 Å². The molecule has 96 valence electrons. The van der Waals surface area contributed by atoms with Crippen LogP contribution in [0.1, 0.15) is 37.8 Å². The topological polar surface area (TPSA) is 0 Å². The lowest BCUT2D eigenvalue weighted by molar-refractivity contribution is 1.02. The summed E-state index contributed by atoms with van der Waals surface area (Å²) in [5, 5.41) is 0. The first kappa shape index (κ1) is 12.2. The van der Waals surface area contributed by atoms with Crippen LogP contribution in [0.25, 0.3) is 16.7 Å². The van der Waals surface area contributed by atoms with Crippen LogP contribution < -0.4 is 0 Å². The van der Waals surface area contributed by atoms with Gasteiger partial charge in [0.1, 0.15) is 0 Å². The molecule has 0 aliphatic heterocycles. The molecule has 0 atom stereocenters. The highest BCUT2D eigenvalue weighted by atomic mass is 14.3. The standard InChI is InChI=1S/C19H20/c1-3-14-13-16-11-8-12-18(19(16)17(14)4-2)15-9-6-5-7-10-15/h5-12H,3-4,13H2,1-2H3. The normalized spacial score (nSPS) is 13.8. The van der Waals surface area contributed by atoms with Gasteiger partial charge in [0.25, 0.3) is 0 Å². The van der Waals surface area contributed by atoms with Gasteiger partial charge in [-0.15, -0.1) is 0 Å². The van der Waals surface area contributed by atoms with E-state index in [4.69, 9.17) is 0 Å². The Morgan fingerprint density at radius 1 is 0.842 bits per heavy atom. The number of rotatable bonds is 3. The molecule has 0 aromatic heterocycles. The minimum Gasteiger partial charge on any atom is -0.0623 e. The molecular formula is C19H20. The Labute approximate surface area is 115 Å². The highest BCUT2D eigenvalue weighted by Gasteiger charge is 2.22. The summed E-state index contributed by atoms with van der Waals surface area (Å²) in [5.41, 5.74) is 8.96. The number of allylic oxidation sites excluding steroid dienone is 2. The Kier molecular flexibility index (Phi) is 3.25. The lowest BCUT2D eigenvalue weighted by Gasteiger charge is -2.12. The molecule has 1 aliphatic rings. The Bertz CT molecular complexity index is 618. The quantitative estimate of drug-likeness (QED) is 0.674. The van der Waals surface area contributed by atoms with Gasteiger partial charge in [-0.1, -0.05) is 68.0 Å². The van der Waals surface area contributed by atoms with Gasteiger partial charge in [0.05, 0.1) is 0 Å². The van der Waals surface area contributed by atoms with Gasteiger partial charge < -0.3 is 0 Å². The lowest BCUT2D eigenvalue weighted by atomic mass is 9.92. The molecule has 0 bridgehead atoms. The Balaban J connectivity index is 2.21. The van der Waals surface area contributed by atoms with Gasteiger partial charge in [0.15, 0.2) is 0 Å². The molecule has 2 aromatic carbocycles. The van der Waals surface area contributed by atoms with Crippen molar-refractivity contribution in [3.8, 4) is 11.1 Å². The maximum absolute atomic E-state index is 2.29. The number of hydrogen-bond donors (Lipinski definition) is 0. The van der Waals surface area contributed by atoms with Gasteiger partial charge >= 0.3 is 0 Å². The molecule has 0 N–H and O–H groups in total. The fourth-order valence-electron chi connectivity index (χ4n) is 3.24. The lowest BCUT2D eigenvalue weighted by Crippen LogP contribution is -1.89. The van der Waals surface area contributed by atoms with E-state index < -0.39 is 0 Å². The van der Waals surface area contributed by atoms with Crippen molar-refractivity contribution in [2.45, 2.75) is 33.1 Å². The van der Waals surface area contributed by atoms with Crippen molar-refractivity contribution < 1.29 is 0 Å². The second-order valence-electron chi connectivity index (χ2n) is 5.17. The average Bonchev–Trinajstić information content (AvgIpc) is 2.85. The zero-order valence-electron chi connectivity index (χ0n) is 11.7. The molecule has 0 heteroatoms. The van der Waals surface area contributed by atoms with Gasteiger partial charge in [0.2, 0.25) is 0 Å². The van der Waals surface area contributed by atoms with Crippen LogP contribution in [-0.2, 0) is 6.42 Å². The summed E-state index contributed by atoms with van der Waals surface area (Å²) in [6.07, 6.45) is 3.46. The van der Waals surface area contributed by atoms with Crippen LogP contribution in [-0.4, -0.2) is 0 Å². The van der Waals surface area contributed by atoms with Crippen LogP contribution >= 0.6 is 0 Å². The zero-order valence-corrected chi connectivity index (χ0v) is 11.7. The highest BCUT2D eigenvalue weighted by molar-refractivity contribution is 5.87. The fraction of sp³-hybridized carbons (Fsp3) is 0.263. The first-order valence-corrected chi connectivity index (χ1v) is 7.23. The van der Waals surface area contributed by atoms with E-state index >= 15 is 0 Å². The van der Waals surface area contributed by atoms with E-state index in [0.717, 1.165) is 12.8 Å². The molecule has 0 nitrogen and oxygen atoms in total. The third-order valence-electron chi connectivity index (χ3n) is 4.15. The monoisotopic (exact) mass is 248 g/mol. The summed E-state index contributed by atoms with van der Waals surface area (Å²) in [6, 6.07) is 17.5. The molecule has 0 unspecified atom stereocenters. The van der Waals surface area contributed by atoms with E-state index in [1.165, 1.54) is 28.7 Å². The van der Waals surface area contributed by atoms with Crippen molar-refractivity contribution in [3.63, 3.8) is 0 Å². The van der Waals surface area contributed by atoms with Gasteiger partial charge in [-0.05, 0) is 47.1 Å². The number of hydrogen-bond acceptors (Lipinski definition) is 0. The van der Waals surface area contributed by atoms with Crippen molar-refractivity contribution >= 4 is 5.57 Å². The summed E-state index contributed by atoms with van der Waals surface area (Å²) in [4.78, 5) is 0. The van der Waals surface area contributed by atoms with Crippen molar-refractivity contribution in [2.75, 3.05) is 0 Å². The highest BCUT2D eigenvalue weighted by Crippen LogP contribution is 2.41. The van der Waals surface area contributed by atoms with E-state index in [2.05, 4.69) is 62.4 Å². The van der Waals surface area contributed by atoms with E-state index in [0.29, 0.717) is 0 Å². The maximum Gasteiger partial charge on any atom is -0.00549 e. The predicted molar refractivity (Wildman–Crippen MR) is 83.1 cm³/mol. The third-order valence-corrected chi connectivity index (χ3v) is 4.15. The molecule has 0 radical (unpaired) electrons. The predicted octanol–water partition coefficient (Wildman–Crippen LogP) is 5.48. The second kappa shape index (κ2) is 5.05. The largest absolute Gasteiger partial charge is 0.0623 e. The summed E-state index contributed by atoms with van der Waals surface area (Å²) in [7, 11) is 0. The summed E-state index contributed by atoms with van der Waals surface area (Å²) in [5.74, 6) is 0. The molecule has 0 fully saturated rings. The van der Waals surface area contributed by atoms with Crippen molar-refractivity contribution in [3.05, 3.63) is 65.2 Å². The molecule has 19 heavy (non-hydrogen) atoms. The first-order chi connectivity index (χ1) is 9.35. The van der Waals surface area contributed by atoms with Crippen molar-refractivity contribution in [1.82, 2.24) is 0 Å². The SMILES string of the molecule is CCC1=C(CC)c2c(cccc2-c2ccccc2)C1. The van der Waals surface area contributed by atoms with E-state index in [1.54, 1.807) is 11.1 Å². The molecule has 0 heterocycles. The molecule has 2 aromatic rings. The molecular weight excluding hydrogens is 228 g/mol. The Hall–Kier alpha value is -1.82. The van der Waals surface area contributed by atoms with Gasteiger partial charge in [-0.2, -0.15) is 0 Å². The van der Waals surface area contributed by atoms with Crippen LogP contribution in [0.5, 0.6) is 0 Å². The zero-order chi connectivity index (χ0) is 13.2. The second-order valence-corrected chi connectivity index (χ2v) is 5.17. The molecule has 0 saturated carbocycles. The summed E-state index contributed by atoms with van der Waals surface area (Å²) < 4.78 is 0. The Morgan fingerprint density at radius 3 is 2.32 bits per heavy atom. The van der Waals surface area contributed by atoms with Crippen LogP contribution in [0.2, 0.25) is 0 Å². The molecule has 1 aliphatic carbocycles. The summed E-state index contributed by atoms with van der Waals surface area (Å²) >= 11 is 0. The molecule has 0 amide bonds. The number of fused-ring (bicyclic) bond motifs is 1. The minimum absolute atomic E-state index is 1.14. The third kappa shape index (κ3) is 2.02. The molecule has 0 spiro atoms. The van der Waals surface area contributed by atoms with Gasteiger partial charge in [-0.3, -0.25) is 0 Å². The van der Waals surface area contributed by atoms with Gasteiger partial charge in [-0.25, -0.2) is 0 Å². The van der Waals surface area contributed by atoms with Crippen LogP contribution in [0.15, 0.2) is 54.1 Å². The summed E-state index contributed by atoms with van der Waals surface area (Å²) in [6.45, 7) is 4.56. The molecule has 0 saturated heterocycles. The van der Waals surface area contributed by atoms with E-state index in [1.807, 2.05) is 0 Å². The van der Waals surface area contributed by atoms with E-state index in [-0.39, 0.29) is 0 Å². The fourth-order valence-corrected chi connectivity index (χ4v) is 3.24. The smallest absolute Gasteiger partial charge is 0.00549 e. The van der Waals surface area contributed by atoms with Crippen LogP contribution in [0.3, 0.4) is 0 Å². The van der Waals surface area contributed by atoms with Gasteiger partial charge in [0, 0.05) is 0 Å². The van der Waals surface area contributed by atoms with E-state index in [9.17, 15) is 0 Å². The van der Waals surface area contributed by atoms with Crippen LogP contribution in [0.4, 0.5) is 0 Å². The Morgan fingerprint density at radius 2 is 1.63 bits per heavy atom. The molecule has 3 rings (SSSR count). The first-order valence-electron chi connectivity index (χ1n) is 7.23. The number of benzene rings is 2. The van der Waals surface area contributed by atoms with Crippen molar-refractivity contribution in [1.29, 1.82) is 0 Å². The maximum atomic E-state index is 2.29.